The van der Waals surface area contributed by atoms with Gasteiger partial charge in [0.25, 0.3) is 0 Å². The number of aryl methyl sites for hydroxylation is 1. The third-order valence-corrected chi connectivity index (χ3v) is 6.02. The van der Waals surface area contributed by atoms with Gasteiger partial charge in [0.15, 0.2) is 0 Å². The lowest BCUT2D eigenvalue weighted by molar-refractivity contribution is -0.121. The molecule has 7 heteroatoms. The van der Waals surface area contributed by atoms with Gasteiger partial charge < -0.3 is 20.1 Å². The lowest BCUT2D eigenvalue weighted by Gasteiger charge is -2.37. The molecule has 164 valence electrons. The minimum absolute atomic E-state index is 0.0704. The van der Waals surface area contributed by atoms with E-state index in [-0.39, 0.29) is 17.8 Å². The van der Waals surface area contributed by atoms with Crippen molar-refractivity contribution in [3.05, 3.63) is 59.7 Å². The van der Waals surface area contributed by atoms with E-state index in [1.165, 1.54) is 6.07 Å². The molecule has 0 spiro atoms. The third kappa shape index (κ3) is 5.05. The van der Waals surface area contributed by atoms with Crippen LogP contribution in [0.5, 0.6) is 0 Å². The van der Waals surface area contributed by atoms with Crippen LogP contribution in [0, 0.1) is 5.82 Å². The number of aromatic amines is 1. The van der Waals surface area contributed by atoms with Crippen LogP contribution in [0.3, 0.4) is 0 Å². The second kappa shape index (κ2) is 9.47. The Labute approximate surface area is 182 Å². The van der Waals surface area contributed by atoms with E-state index in [9.17, 15) is 9.18 Å². The number of rotatable bonds is 7. The first-order valence-electron chi connectivity index (χ1n) is 11.0. The number of piperazine rings is 1. The zero-order chi connectivity index (χ0) is 21.8. The van der Waals surface area contributed by atoms with Crippen LogP contribution in [0.25, 0.3) is 11.0 Å². The number of imidazole rings is 1. The first-order chi connectivity index (χ1) is 15.0. The summed E-state index contributed by atoms with van der Waals surface area (Å²) in [5.74, 6) is 0.442. The molecule has 6 nitrogen and oxygen atoms in total. The fraction of sp³-hybridized carbons (Fsp3) is 0.417. The maximum Gasteiger partial charge on any atom is 0.220 e. The van der Waals surface area contributed by atoms with Crippen LogP contribution < -0.4 is 10.2 Å². The molecule has 0 bridgehead atoms. The van der Waals surface area contributed by atoms with E-state index < -0.39 is 0 Å². The van der Waals surface area contributed by atoms with Crippen molar-refractivity contribution in [1.82, 2.24) is 20.2 Å². The molecule has 1 amide bonds. The average molecular weight is 424 g/mol. The quantitative estimate of drug-likeness (QED) is 0.609. The van der Waals surface area contributed by atoms with Crippen LogP contribution in [0.1, 0.15) is 37.7 Å². The van der Waals surface area contributed by atoms with Crippen molar-refractivity contribution in [2.75, 3.05) is 37.6 Å². The van der Waals surface area contributed by atoms with Gasteiger partial charge in [0.05, 0.1) is 17.1 Å². The second-order valence-corrected chi connectivity index (χ2v) is 8.11. The molecule has 1 saturated heterocycles. The molecule has 1 aliphatic rings. The number of carbonyl (C=O) groups excluding carboxylic acids is 1. The molecule has 1 aromatic heterocycles. The molecule has 2 heterocycles. The molecular weight excluding hydrogens is 393 g/mol. The van der Waals surface area contributed by atoms with Gasteiger partial charge in [-0.2, -0.15) is 0 Å². The predicted molar refractivity (Wildman–Crippen MR) is 122 cm³/mol. The number of nitrogens with zero attached hydrogens (tertiary/aromatic N) is 3. The minimum atomic E-state index is -0.283. The van der Waals surface area contributed by atoms with Crippen LogP contribution >= 0.6 is 0 Å². The summed E-state index contributed by atoms with van der Waals surface area (Å²) in [6, 6.07) is 12.4. The molecule has 2 aromatic carbocycles. The number of H-pyrrole nitrogens is 1. The second-order valence-electron chi connectivity index (χ2n) is 8.11. The van der Waals surface area contributed by atoms with Crippen LogP contribution in [0.15, 0.2) is 42.5 Å². The summed E-state index contributed by atoms with van der Waals surface area (Å²) in [6.07, 6.45) is 0.853. The number of aromatic nitrogens is 2. The standard InChI is InChI=1S/C24H30FN5O/c1-3-29-12-14-30(15-13-29)22-9-8-18(25)16-19(22)17(2)26-24(31)11-10-23-27-20-6-4-5-7-21(20)28-23/h4-9,16-17H,3,10-15H2,1-2H3,(H,26,31)(H,27,28). The summed E-state index contributed by atoms with van der Waals surface area (Å²) in [7, 11) is 0. The van der Waals surface area contributed by atoms with Gasteiger partial charge in [0.1, 0.15) is 11.6 Å². The number of benzene rings is 2. The van der Waals surface area contributed by atoms with Crippen molar-refractivity contribution < 1.29 is 9.18 Å². The van der Waals surface area contributed by atoms with Gasteiger partial charge in [-0.1, -0.05) is 19.1 Å². The molecule has 4 rings (SSSR count). The van der Waals surface area contributed by atoms with Crippen LogP contribution in [-0.4, -0.2) is 53.5 Å². The number of likely N-dealkylation sites (N-methyl/N-ethyl adjacent to an activating group) is 1. The Balaban J connectivity index is 1.39. The molecule has 1 aliphatic heterocycles. The number of para-hydroxylation sites is 2. The van der Waals surface area contributed by atoms with E-state index in [2.05, 4.69) is 32.0 Å². The Kier molecular flexibility index (Phi) is 6.51. The van der Waals surface area contributed by atoms with Crippen molar-refractivity contribution in [2.45, 2.75) is 32.7 Å². The molecule has 0 aliphatic carbocycles. The van der Waals surface area contributed by atoms with Gasteiger partial charge in [-0.25, -0.2) is 9.37 Å². The summed E-state index contributed by atoms with van der Waals surface area (Å²) < 4.78 is 14.0. The third-order valence-electron chi connectivity index (χ3n) is 6.02. The number of hydrogen-bond acceptors (Lipinski definition) is 4. The van der Waals surface area contributed by atoms with Gasteiger partial charge in [0, 0.05) is 50.3 Å². The summed E-state index contributed by atoms with van der Waals surface area (Å²) in [4.78, 5) is 25.1. The number of nitrogens with one attached hydrogen (secondary N) is 2. The van der Waals surface area contributed by atoms with E-state index in [0.717, 1.165) is 60.8 Å². The largest absolute Gasteiger partial charge is 0.369 e. The average Bonchev–Trinajstić information content (AvgIpc) is 3.21. The summed E-state index contributed by atoms with van der Waals surface area (Å²) in [6.45, 7) is 8.92. The zero-order valence-electron chi connectivity index (χ0n) is 18.2. The SMILES string of the molecule is CCN1CCN(c2ccc(F)cc2C(C)NC(=O)CCc2nc3ccccc3[nH]2)CC1. The molecule has 1 atom stereocenters. The normalized spacial score (nSPS) is 15.9. The maximum absolute atomic E-state index is 14.0. The zero-order valence-corrected chi connectivity index (χ0v) is 18.2. The van der Waals surface area contributed by atoms with Crippen molar-refractivity contribution in [3.63, 3.8) is 0 Å². The van der Waals surface area contributed by atoms with Crippen LogP contribution in [0.4, 0.5) is 10.1 Å². The van der Waals surface area contributed by atoms with Gasteiger partial charge in [-0.05, 0) is 43.8 Å². The van der Waals surface area contributed by atoms with E-state index in [0.29, 0.717) is 12.8 Å². The fourth-order valence-electron chi connectivity index (χ4n) is 4.21. The number of hydrogen-bond donors (Lipinski definition) is 2. The van der Waals surface area contributed by atoms with Gasteiger partial charge >= 0.3 is 0 Å². The topological polar surface area (TPSA) is 64.3 Å². The van der Waals surface area contributed by atoms with Crippen molar-refractivity contribution in [1.29, 1.82) is 0 Å². The Morgan fingerprint density at radius 3 is 2.71 bits per heavy atom. The number of amides is 1. The summed E-state index contributed by atoms with van der Waals surface area (Å²) >= 11 is 0. The van der Waals surface area contributed by atoms with E-state index in [1.54, 1.807) is 6.07 Å². The number of carbonyl (C=O) groups is 1. The molecule has 0 saturated carbocycles. The number of anilines is 1. The number of fused-ring (bicyclic) bond motifs is 1. The Hall–Kier alpha value is -2.93. The molecule has 1 unspecified atom stereocenters. The minimum Gasteiger partial charge on any atom is -0.369 e. The van der Waals surface area contributed by atoms with Crippen molar-refractivity contribution in [2.24, 2.45) is 0 Å². The maximum atomic E-state index is 14.0. The van der Waals surface area contributed by atoms with Gasteiger partial charge in [0.2, 0.25) is 5.91 Å². The van der Waals surface area contributed by atoms with Gasteiger partial charge in [-0.3, -0.25) is 4.79 Å². The van der Waals surface area contributed by atoms with Crippen molar-refractivity contribution in [3.8, 4) is 0 Å². The van der Waals surface area contributed by atoms with E-state index >= 15 is 0 Å². The highest BCUT2D eigenvalue weighted by Gasteiger charge is 2.22. The lowest BCUT2D eigenvalue weighted by atomic mass is 10.0. The van der Waals surface area contributed by atoms with E-state index in [1.807, 2.05) is 37.3 Å². The van der Waals surface area contributed by atoms with E-state index in [4.69, 9.17) is 0 Å². The van der Waals surface area contributed by atoms with Crippen LogP contribution in [-0.2, 0) is 11.2 Å². The number of halogens is 1. The highest BCUT2D eigenvalue weighted by molar-refractivity contribution is 5.78. The predicted octanol–water partition coefficient (Wildman–Crippen LogP) is 3.65. The Bertz CT molecular complexity index is 1010. The highest BCUT2D eigenvalue weighted by atomic mass is 19.1. The molecular formula is C24H30FN5O. The smallest absolute Gasteiger partial charge is 0.220 e. The summed E-state index contributed by atoms with van der Waals surface area (Å²) in [5.41, 5.74) is 3.70. The monoisotopic (exact) mass is 423 g/mol. The first-order valence-corrected chi connectivity index (χ1v) is 11.0. The highest BCUT2D eigenvalue weighted by Crippen LogP contribution is 2.28. The summed E-state index contributed by atoms with van der Waals surface area (Å²) in [5, 5.41) is 3.04. The van der Waals surface area contributed by atoms with Crippen molar-refractivity contribution >= 4 is 22.6 Å². The first kappa shape index (κ1) is 21.3. The molecule has 0 radical (unpaired) electrons. The molecule has 3 aromatic rings. The Morgan fingerprint density at radius 1 is 1.19 bits per heavy atom. The fourth-order valence-corrected chi connectivity index (χ4v) is 4.21. The van der Waals surface area contributed by atoms with Gasteiger partial charge in [-0.15, -0.1) is 0 Å². The molecule has 2 N–H and O–H groups in total. The lowest BCUT2D eigenvalue weighted by Crippen LogP contribution is -2.46. The molecule has 1 fully saturated rings. The molecule has 31 heavy (non-hydrogen) atoms. The Morgan fingerprint density at radius 2 is 1.97 bits per heavy atom. The van der Waals surface area contributed by atoms with Crippen LogP contribution in [0.2, 0.25) is 0 Å².